The van der Waals surface area contributed by atoms with E-state index in [1.807, 2.05) is 0 Å². The largest absolute Gasteiger partial charge is 0.383 e. The number of hydrogen-bond acceptors (Lipinski definition) is 3. The van der Waals surface area contributed by atoms with Gasteiger partial charge in [0.15, 0.2) is 0 Å². The van der Waals surface area contributed by atoms with Gasteiger partial charge in [0.25, 0.3) is 0 Å². The van der Waals surface area contributed by atoms with Crippen LogP contribution in [0, 0.1) is 5.92 Å². The van der Waals surface area contributed by atoms with Crippen LogP contribution < -0.4 is 5.32 Å². The molecule has 0 radical (unpaired) electrons. The lowest BCUT2D eigenvalue weighted by Gasteiger charge is -2.31. The average molecular weight is 256 g/mol. The SMILES string of the molecule is COCCN(CC(C)C)C(C)CNC1CCCC1. The molecule has 3 heteroatoms. The summed E-state index contributed by atoms with van der Waals surface area (Å²) in [5.41, 5.74) is 0. The van der Waals surface area contributed by atoms with Gasteiger partial charge in [-0.2, -0.15) is 0 Å². The van der Waals surface area contributed by atoms with Gasteiger partial charge in [-0.25, -0.2) is 0 Å². The quantitative estimate of drug-likeness (QED) is 0.686. The zero-order valence-corrected chi connectivity index (χ0v) is 12.7. The molecule has 0 bridgehead atoms. The first-order valence-electron chi connectivity index (χ1n) is 7.59. The van der Waals surface area contributed by atoms with E-state index in [9.17, 15) is 0 Å². The third-order valence-electron chi connectivity index (χ3n) is 3.86. The lowest BCUT2D eigenvalue weighted by Crippen LogP contribution is -2.45. The van der Waals surface area contributed by atoms with Crippen molar-refractivity contribution in [1.29, 1.82) is 0 Å². The Bertz CT molecular complexity index is 203. The molecule has 1 unspecified atom stereocenters. The summed E-state index contributed by atoms with van der Waals surface area (Å²) >= 11 is 0. The third kappa shape index (κ3) is 6.17. The number of ether oxygens (including phenoxy) is 1. The standard InChI is InChI=1S/C15H32N2O/c1-13(2)12-17(9-10-18-4)14(3)11-16-15-7-5-6-8-15/h13-16H,5-12H2,1-4H3. The zero-order chi connectivity index (χ0) is 13.4. The van der Waals surface area contributed by atoms with Crippen molar-refractivity contribution < 1.29 is 4.74 Å². The van der Waals surface area contributed by atoms with Gasteiger partial charge in [-0.05, 0) is 25.7 Å². The highest BCUT2D eigenvalue weighted by atomic mass is 16.5. The van der Waals surface area contributed by atoms with Gasteiger partial charge in [-0.15, -0.1) is 0 Å². The van der Waals surface area contributed by atoms with Crippen molar-refractivity contribution >= 4 is 0 Å². The molecule has 0 aromatic heterocycles. The van der Waals surface area contributed by atoms with Crippen LogP contribution in [0.4, 0.5) is 0 Å². The number of hydrogen-bond donors (Lipinski definition) is 1. The Morgan fingerprint density at radius 2 is 1.89 bits per heavy atom. The van der Waals surface area contributed by atoms with Crippen molar-refractivity contribution in [1.82, 2.24) is 10.2 Å². The minimum atomic E-state index is 0.600. The number of methoxy groups -OCH3 is 1. The molecular formula is C15H32N2O. The minimum absolute atomic E-state index is 0.600. The van der Waals surface area contributed by atoms with Gasteiger partial charge >= 0.3 is 0 Å². The molecule has 0 heterocycles. The van der Waals surface area contributed by atoms with Crippen molar-refractivity contribution in [2.45, 2.75) is 58.5 Å². The van der Waals surface area contributed by atoms with Crippen molar-refractivity contribution in [3.63, 3.8) is 0 Å². The van der Waals surface area contributed by atoms with E-state index in [2.05, 4.69) is 31.0 Å². The number of nitrogens with zero attached hydrogens (tertiary/aromatic N) is 1. The first-order valence-corrected chi connectivity index (χ1v) is 7.59. The van der Waals surface area contributed by atoms with Gasteiger partial charge in [0, 0.05) is 38.8 Å². The maximum Gasteiger partial charge on any atom is 0.0589 e. The molecule has 1 N–H and O–H groups in total. The molecule has 1 rings (SSSR count). The fourth-order valence-corrected chi connectivity index (χ4v) is 2.77. The van der Waals surface area contributed by atoms with Crippen LogP contribution in [0.25, 0.3) is 0 Å². The summed E-state index contributed by atoms with van der Waals surface area (Å²) in [6.07, 6.45) is 5.56. The van der Waals surface area contributed by atoms with Crippen molar-refractivity contribution in [3.8, 4) is 0 Å². The molecule has 0 spiro atoms. The Kier molecular flexibility index (Phi) is 7.87. The lowest BCUT2D eigenvalue weighted by molar-refractivity contribution is 0.113. The van der Waals surface area contributed by atoms with E-state index >= 15 is 0 Å². The van der Waals surface area contributed by atoms with E-state index in [-0.39, 0.29) is 0 Å². The van der Waals surface area contributed by atoms with E-state index in [1.165, 1.54) is 25.7 Å². The fourth-order valence-electron chi connectivity index (χ4n) is 2.77. The maximum atomic E-state index is 5.22. The molecular weight excluding hydrogens is 224 g/mol. The van der Waals surface area contributed by atoms with Crippen molar-refractivity contribution in [2.75, 3.05) is 33.4 Å². The third-order valence-corrected chi connectivity index (χ3v) is 3.86. The molecule has 1 fully saturated rings. The lowest BCUT2D eigenvalue weighted by atomic mass is 10.1. The van der Waals surface area contributed by atoms with E-state index in [1.54, 1.807) is 7.11 Å². The summed E-state index contributed by atoms with van der Waals surface area (Å²) in [6, 6.07) is 1.37. The molecule has 1 aliphatic rings. The predicted molar refractivity (Wildman–Crippen MR) is 78.0 cm³/mol. The van der Waals surface area contributed by atoms with Gasteiger partial charge < -0.3 is 10.1 Å². The van der Waals surface area contributed by atoms with Crippen LogP contribution in [0.3, 0.4) is 0 Å². The monoisotopic (exact) mass is 256 g/mol. The van der Waals surface area contributed by atoms with Gasteiger partial charge in [0.1, 0.15) is 0 Å². The summed E-state index contributed by atoms with van der Waals surface area (Å²) in [4.78, 5) is 2.55. The summed E-state index contributed by atoms with van der Waals surface area (Å²) in [5, 5.41) is 3.73. The van der Waals surface area contributed by atoms with Crippen LogP contribution in [0.15, 0.2) is 0 Å². The second kappa shape index (κ2) is 8.89. The van der Waals surface area contributed by atoms with E-state index in [0.717, 1.165) is 38.2 Å². The highest BCUT2D eigenvalue weighted by molar-refractivity contribution is 4.77. The molecule has 0 saturated heterocycles. The molecule has 108 valence electrons. The summed E-state index contributed by atoms with van der Waals surface area (Å²) in [7, 11) is 1.79. The van der Waals surface area contributed by atoms with Crippen molar-refractivity contribution in [2.24, 2.45) is 5.92 Å². The van der Waals surface area contributed by atoms with Gasteiger partial charge in [-0.1, -0.05) is 26.7 Å². The second-order valence-corrected chi connectivity index (χ2v) is 6.12. The van der Waals surface area contributed by atoms with E-state index in [0.29, 0.717) is 6.04 Å². The highest BCUT2D eigenvalue weighted by Gasteiger charge is 2.18. The Labute approximate surface area is 113 Å². The average Bonchev–Trinajstić information content (AvgIpc) is 2.84. The fraction of sp³-hybridized carbons (Fsp3) is 1.00. The molecule has 0 aromatic rings. The van der Waals surface area contributed by atoms with Crippen LogP contribution in [0.2, 0.25) is 0 Å². The molecule has 0 amide bonds. The van der Waals surface area contributed by atoms with Crippen LogP contribution in [0.1, 0.15) is 46.5 Å². The number of rotatable bonds is 9. The van der Waals surface area contributed by atoms with Gasteiger partial charge in [0.2, 0.25) is 0 Å². The molecule has 1 saturated carbocycles. The number of nitrogens with one attached hydrogen (secondary N) is 1. The highest BCUT2D eigenvalue weighted by Crippen LogP contribution is 2.17. The maximum absolute atomic E-state index is 5.22. The predicted octanol–water partition coefficient (Wildman–Crippen LogP) is 2.51. The van der Waals surface area contributed by atoms with Gasteiger partial charge in [0.05, 0.1) is 6.61 Å². The summed E-state index contributed by atoms with van der Waals surface area (Å²) < 4.78 is 5.22. The smallest absolute Gasteiger partial charge is 0.0589 e. The molecule has 1 aliphatic carbocycles. The van der Waals surface area contributed by atoms with Crippen LogP contribution in [0.5, 0.6) is 0 Å². The molecule has 0 aromatic carbocycles. The first kappa shape index (κ1) is 15.9. The normalized spacial score (nSPS) is 19.0. The second-order valence-electron chi connectivity index (χ2n) is 6.12. The van der Waals surface area contributed by atoms with Crippen LogP contribution in [-0.4, -0.2) is 50.3 Å². The molecule has 0 aliphatic heterocycles. The van der Waals surface area contributed by atoms with E-state index in [4.69, 9.17) is 4.74 Å². The summed E-state index contributed by atoms with van der Waals surface area (Å²) in [6.45, 7) is 11.1. The Hall–Kier alpha value is -0.120. The van der Waals surface area contributed by atoms with E-state index < -0.39 is 0 Å². The summed E-state index contributed by atoms with van der Waals surface area (Å²) in [5.74, 6) is 0.718. The molecule has 1 atom stereocenters. The van der Waals surface area contributed by atoms with Gasteiger partial charge in [-0.3, -0.25) is 4.90 Å². The first-order chi connectivity index (χ1) is 8.63. The Balaban J connectivity index is 2.29. The molecule has 18 heavy (non-hydrogen) atoms. The Morgan fingerprint density at radius 3 is 2.44 bits per heavy atom. The molecule has 3 nitrogen and oxygen atoms in total. The Morgan fingerprint density at radius 1 is 1.22 bits per heavy atom. The van der Waals surface area contributed by atoms with Crippen LogP contribution in [-0.2, 0) is 4.74 Å². The minimum Gasteiger partial charge on any atom is -0.383 e. The zero-order valence-electron chi connectivity index (χ0n) is 12.7. The topological polar surface area (TPSA) is 24.5 Å². The van der Waals surface area contributed by atoms with Crippen molar-refractivity contribution in [3.05, 3.63) is 0 Å². The van der Waals surface area contributed by atoms with Crippen LogP contribution >= 0.6 is 0 Å².